The molecule has 8 heteroatoms. The second kappa shape index (κ2) is 10.3. The van der Waals surface area contributed by atoms with Crippen molar-refractivity contribution in [2.24, 2.45) is 0 Å². The number of carbonyl (C=O) groups excluding carboxylic acids is 2. The van der Waals surface area contributed by atoms with Gasteiger partial charge in [-0.3, -0.25) is 14.5 Å². The lowest BCUT2D eigenvalue weighted by atomic mass is 10.0. The van der Waals surface area contributed by atoms with Gasteiger partial charge in [0.1, 0.15) is 17.2 Å². The molecule has 0 aliphatic carbocycles. The van der Waals surface area contributed by atoms with Crippen LogP contribution in [0.4, 0.5) is 5.69 Å². The highest BCUT2D eigenvalue weighted by molar-refractivity contribution is 6.36. The van der Waals surface area contributed by atoms with Crippen LogP contribution in [0.2, 0.25) is 5.02 Å². The second-order valence-corrected chi connectivity index (χ2v) is 7.26. The molecule has 31 heavy (non-hydrogen) atoms. The van der Waals surface area contributed by atoms with Crippen LogP contribution in [0.15, 0.2) is 48.2 Å². The van der Waals surface area contributed by atoms with Crippen LogP contribution >= 0.6 is 11.6 Å². The average molecular weight is 445 g/mol. The van der Waals surface area contributed by atoms with E-state index in [1.165, 1.54) is 19.1 Å². The Morgan fingerprint density at radius 3 is 2.35 bits per heavy atom. The molecule has 0 spiro atoms. The lowest BCUT2D eigenvalue weighted by Crippen LogP contribution is -2.35. The Balaban J connectivity index is 1.97. The van der Waals surface area contributed by atoms with Crippen LogP contribution in [-0.2, 0) is 14.3 Å². The van der Waals surface area contributed by atoms with Gasteiger partial charge in [-0.1, -0.05) is 30.7 Å². The summed E-state index contributed by atoms with van der Waals surface area (Å²) in [4.78, 5) is 27.4. The van der Waals surface area contributed by atoms with Crippen LogP contribution in [0.5, 0.6) is 11.5 Å². The van der Waals surface area contributed by atoms with Gasteiger partial charge < -0.3 is 19.5 Å². The highest BCUT2D eigenvalue weighted by Gasteiger charge is 2.39. The summed E-state index contributed by atoms with van der Waals surface area (Å²) < 4.78 is 15.8. The minimum Gasteiger partial charge on any atom is -0.495 e. The molecule has 0 atom stereocenters. The number of carbonyl (C=O) groups is 2. The number of nitrogens with one attached hydrogen (secondary N) is 1. The van der Waals surface area contributed by atoms with E-state index in [0.29, 0.717) is 34.4 Å². The third-order valence-electron chi connectivity index (χ3n) is 4.72. The molecule has 7 nitrogen and oxygen atoms in total. The quantitative estimate of drug-likeness (QED) is 0.558. The molecule has 164 valence electrons. The third kappa shape index (κ3) is 5.00. The zero-order valence-electron chi connectivity index (χ0n) is 17.7. The fourth-order valence-electron chi connectivity index (χ4n) is 3.17. The van der Waals surface area contributed by atoms with E-state index in [4.69, 9.17) is 25.8 Å². The fourth-order valence-corrected chi connectivity index (χ4v) is 3.43. The summed E-state index contributed by atoms with van der Waals surface area (Å²) in [5.41, 5.74) is 1.65. The predicted molar refractivity (Wildman–Crippen MR) is 119 cm³/mol. The molecule has 1 aliphatic heterocycles. The van der Waals surface area contributed by atoms with Gasteiger partial charge in [0.2, 0.25) is 0 Å². The number of rotatable bonds is 10. The fraction of sp³-hybridized carbons (Fsp3) is 0.304. The van der Waals surface area contributed by atoms with E-state index in [9.17, 15) is 9.59 Å². The van der Waals surface area contributed by atoms with Gasteiger partial charge in [-0.05, 0) is 42.3 Å². The van der Waals surface area contributed by atoms with E-state index in [-0.39, 0.29) is 30.3 Å². The summed E-state index contributed by atoms with van der Waals surface area (Å²) in [6.45, 7) is 3.04. The number of hydrogen-bond donors (Lipinski definition) is 1. The van der Waals surface area contributed by atoms with Crippen molar-refractivity contribution in [2.75, 3.05) is 39.3 Å². The molecule has 0 saturated carbocycles. The van der Waals surface area contributed by atoms with Crippen molar-refractivity contribution in [1.29, 1.82) is 0 Å². The topological polar surface area (TPSA) is 77.1 Å². The number of imide groups is 1. The van der Waals surface area contributed by atoms with Crippen LogP contribution in [0.1, 0.15) is 18.9 Å². The number of ether oxygens (including phenoxy) is 3. The lowest BCUT2D eigenvalue weighted by molar-refractivity contribution is -0.137. The first kappa shape index (κ1) is 22.7. The van der Waals surface area contributed by atoms with Crippen LogP contribution in [0.3, 0.4) is 0 Å². The zero-order valence-corrected chi connectivity index (χ0v) is 18.5. The standard InChI is InChI=1S/C23H25ClN2O5/c1-4-12-31-17-8-5-15(6-9-17)20-21(23(28)26(22(20)27)11-13-29-2)25-16-7-10-19(30-3)18(24)14-16/h5-10,14,25H,4,11-13H2,1-3H3. The van der Waals surface area contributed by atoms with Gasteiger partial charge in [-0.25, -0.2) is 0 Å². The largest absolute Gasteiger partial charge is 0.495 e. The maximum Gasteiger partial charge on any atom is 0.278 e. The summed E-state index contributed by atoms with van der Waals surface area (Å²) in [6.07, 6.45) is 0.896. The maximum atomic E-state index is 13.1. The van der Waals surface area contributed by atoms with E-state index < -0.39 is 5.91 Å². The monoisotopic (exact) mass is 444 g/mol. The van der Waals surface area contributed by atoms with E-state index in [2.05, 4.69) is 5.32 Å². The molecule has 2 amide bonds. The minimum absolute atomic E-state index is 0.157. The van der Waals surface area contributed by atoms with Gasteiger partial charge >= 0.3 is 0 Å². The Morgan fingerprint density at radius 2 is 1.74 bits per heavy atom. The van der Waals surface area contributed by atoms with Crippen molar-refractivity contribution in [2.45, 2.75) is 13.3 Å². The number of anilines is 1. The summed E-state index contributed by atoms with van der Waals surface area (Å²) >= 11 is 6.22. The maximum absolute atomic E-state index is 13.1. The van der Waals surface area contributed by atoms with Crippen LogP contribution in [-0.4, -0.2) is 50.7 Å². The number of nitrogens with zero attached hydrogens (tertiary/aromatic N) is 1. The van der Waals surface area contributed by atoms with Crippen LogP contribution < -0.4 is 14.8 Å². The van der Waals surface area contributed by atoms with Crippen LogP contribution in [0, 0.1) is 0 Å². The second-order valence-electron chi connectivity index (χ2n) is 6.85. The number of benzene rings is 2. The molecule has 1 N–H and O–H groups in total. The minimum atomic E-state index is -0.421. The number of amides is 2. The average Bonchev–Trinajstić information content (AvgIpc) is 3.00. The summed E-state index contributed by atoms with van der Waals surface area (Å²) in [7, 11) is 3.04. The van der Waals surface area contributed by atoms with Gasteiger partial charge in [0.05, 0.1) is 37.5 Å². The Kier molecular flexibility index (Phi) is 7.55. The number of hydrogen-bond acceptors (Lipinski definition) is 6. The van der Waals surface area contributed by atoms with E-state index >= 15 is 0 Å². The Labute approximate surface area is 186 Å². The Hall–Kier alpha value is -3.03. The molecular formula is C23H25ClN2O5. The van der Waals surface area contributed by atoms with Gasteiger partial charge in [0.15, 0.2) is 0 Å². The number of halogens is 1. The smallest absolute Gasteiger partial charge is 0.278 e. The molecule has 0 bridgehead atoms. The van der Waals surface area contributed by atoms with Crippen molar-refractivity contribution in [3.63, 3.8) is 0 Å². The van der Waals surface area contributed by atoms with E-state index in [1.807, 2.05) is 6.92 Å². The number of methoxy groups -OCH3 is 2. The molecule has 0 aromatic heterocycles. The van der Waals surface area contributed by atoms with Crippen molar-refractivity contribution >= 4 is 34.7 Å². The highest BCUT2D eigenvalue weighted by atomic mass is 35.5. The molecule has 1 heterocycles. The molecule has 2 aromatic rings. The van der Waals surface area contributed by atoms with Crippen molar-refractivity contribution in [3.05, 3.63) is 58.7 Å². The molecule has 0 fully saturated rings. The van der Waals surface area contributed by atoms with Crippen molar-refractivity contribution < 1.29 is 23.8 Å². The normalized spacial score (nSPS) is 13.7. The molecule has 2 aromatic carbocycles. The molecule has 1 aliphatic rings. The van der Waals surface area contributed by atoms with Crippen molar-refractivity contribution in [1.82, 2.24) is 4.90 Å². The van der Waals surface area contributed by atoms with Gasteiger partial charge in [-0.15, -0.1) is 0 Å². The van der Waals surface area contributed by atoms with Gasteiger partial charge in [-0.2, -0.15) is 0 Å². The predicted octanol–water partition coefficient (Wildman–Crippen LogP) is 3.98. The highest BCUT2D eigenvalue weighted by Crippen LogP contribution is 2.33. The summed E-state index contributed by atoms with van der Waals surface area (Å²) in [6, 6.07) is 12.2. The molecule has 3 rings (SSSR count). The van der Waals surface area contributed by atoms with Crippen molar-refractivity contribution in [3.8, 4) is 11.5 Å². The SMILES string of the molecule is CCCOc1ccc(C2=C(Nc3ccc(OC)c(Cl)c3)C(=O)N(CCOC)C2=O)cc1. The van der Waals surface area contributed by atoms with E-state index in [0.717, 1.165) is 6.42 Å². The Morgan fingerprint density at radius 1 is 1.00 bits per heavy atom. The van der Waals surface area contributed by atoms with E-state index in [1.54, 1.807) is 42.5 Å². The summed E-state index contributed by atoms with van der Waals surface area (Å²) in [5.74, 6) is 0.414. The molecule has 0 radical (unpaired) electrons. The van der Waals surface area contributed by atoms with Crippen LogP contribution in [0.25, 0.3) is 5.57 Å². The van der Waals surface area contributed by atoms with Gasteiger partial charge in [0, 0.05) is 12.8 Å². The zero-order chi connectivity index (χ0) is 22.4. The third-order valence-corrected chi connectivity index (χ3v) is 5.02. The first-order valence-corrected chi connectivity index (χ1v) is 10.3. The lowest BCUT2D eigenvalue weighted by Gasteiger charge is -2.14. The summed E-state index contributed by atoms with van der Waals surface area (Å²) in [5, 5.41) is 3.46. The molecule has 0 unspecified atom stereocenters. The first-order chi connectivity index (χ1) is 15.0. The molecular weight excluding hydrogens is 420 g/mol. The Bertz CT molecular complexity index is 988. The molecule has 0 saturated heterocycles. The van der Waals surface area contributed by atoms with Gasteiger partial charge in [0.25, 0.3) is 11.8 Å². The first-order valence-electron chi connectivity index (χ1n) is 9.93.